The molecule has 0 spiro atoms. The predicted octanol–water partition coefficient (Wildman–Crippen LogP) is 11.0. The number of nitriles is 1. The molecule has 0 saturated carbocycles. The summed E-state index contributed by atoms with van der Waals surface area (Å²) in [4.78, 5) is 15.5. The van der Waals surface area contributed by atoms with E-state index >= 15 is 0 Å². The van der Waals surface area contributed by atoms with Crippen molar-refractivity contribution in [3.05, 3.63) is 94.9 Å². The Hall–Kier alpha value is -4.62. The number of rotatable bonds is 13. The first kappa shape index (κ1) is 37.2. The van der Waals surface area contributed by atoms with Gasteiger partial charge in [-0.3, -0.25) is 20.5 Å². The van der Waals surface area contributed by atoms with E-state index < -0.39 is 17.0 Å². The smallest absolute Gasteiger partial charge is 0.346 e. The van der Waals surface area contributed by atoms with Gasteiger partial charge in [-0.05, 0) is 138 Å². The normalized spacial score (nSPS) is 12.0. The number of carboxylic acids is 1. The second kappa shape index (κ2) is 15.7. The summed E-state index contributed by atoms with van der Waals surface area (Å²) in [7, 11) is 0. The molecule has 0 fully saturated rings. The first-order valence-electron chi connectivity index (χ1n) is 16.7. The van der Waals surface area contributed by atoms with Crippen molar-refractivity contribution < 1.29 is 20.3 Å². The van der Waals surface area contributed by atoms with Gasteiger partial charge >= 0.3 is 5.97 Å². The fourth-order valence-corrected chi connectivity index (χ4v) is 6.56. The maximum absolute atomic E-state index is 11.6. The summed E-state index contributed by atoms with van der Waals surface area (Å²) in [5.74, 6) is -1.23. The van der Waals surface area contributed by atoms with Crippen LogP contribution in [0.4, 0.5) is 28.4 Å². The minimum atomic E-state index is -1.23. The lowest BCUT2D eigenvalue weighted by Gasteiger charge is -2.33. The third kappa shape index (κ3) is 9.30. The summed E-state index contributed by atoms with van der Waals surface area (Å²) in [6, 6.07) is 27.6. The number of hydrogen-bond acceptors (Lipinski definition) is 8. The van der Waals surface area contributed by atoms with Crippen molar-refractivity contribution in [1.29, 1.82) is 5.26 Å². The third-order valence-electron chi connectivity index (χ3n) is 8.15. The van der Waals surface area contributed by atoms with Gasteiger partial charge in [-0.1, -0.05) is 38.3 Å². The van der Waals surface area contributed by atoms with Crippen molar-refractivity contribution in [1.82, 2.24) is 0 Å². The largest absolute Gasteiger partial charge is 0.477 e. The summed E-state index contributed by atoms with van der Waals surface area (Å²) < 4.78 is 0. The molecule has 0 saturated heterocycles. The molecule has 9 heteroatoms. The molecule has 0 atom stereocenters. The highest BCUT2D eigenvalue weighted by atomic mass is 32.1. The predicted molar refractivity (Wildman–Crippen MR) is 202 cm³/mol. The molecule has 1 heterocycles. The molecule has 4 rings (SSSR count). The van der Waals surface area contributed by atoms with Crippen molar-refractivity contribution in [2.75, 3.05) is 15.0 Å². The average molecular weight is 681 g/mol. The average Bonchev–Trinajstić information content (AvgIpc) is 3.47. The van der Waals surface area contributed by atoms with E-state index in [0.29, 0.717) is 11.4 Å². The summed E-state index contributed by atoms with van der Waals surface area (Å²) in [5.41, 5.74) is 4.88. The fraction of sp³-hybridized carbons (Fsp3) is 0.350. The molecule has 0 aliphatic heterocycles. The molecule has 258 valence electrons. The van der Waals surface area contributed by atoms with Crippen molar-refractivity contribution in [2.24, 2.45) is 0 Å². The molecule has 49 heavy (non-hydrogen) atoms. The quantitative estimate of drug-likeness (QED) is 0.0554. The second-order valence-corrected chi connectivity index (χ2v) is 15.2. The number of thiophene rings is 1. The van der Waals surface area contributed by atoms with Crippen LogP contribution in [0.3, 0.4) is 0 Å². The molecule has 3 N–H and O–H groups in total. The van der Waals surface area contributed by atoms with Gasteiger partial charge in [-0.15, -0.1) is 11.3 Å². The van der Waals surface area contributed by atoms with Crippen LogP contribution in [0.2, 0.25) is 0 Å². The van der Waals surface area contributed by atoms with Crippen molar-refractivity contribution >= 4 is 51.8 Å². The SMILES string of the molecule is CCCCCCc1cc(-c2ccc(N(c3ccc(N(O)C(C)(C)C)cc3)c3ccc(N(O)C(C)(C)C)cc3)cc2)sc1/C=C(\C#N)C(=O)O. The maximum atomic E-state index is 11.6. The first-order chi connectivity index (χ1) is 23.1. The Kier molecular flexibility index (Phi) is 11.9. The van der Waals surface area contributed by atoms with Gasteiger partial charge in [0.2, 0.25) is 0 Å². The number of benzene rings is 3. The third-order valence-corrected chi connectivity index (χ3v) is 9.33. The Morgan fingerprint density at radius 3 is 1.61 bits per heavy atom. The summed E-state index contributed by atoms with van der Waals surface area (Å²) in [6.45, 7) is 13.8. The highest BCUT2D eigenvalue weighted by Gasteiger charge is 2.23. The van der Waals surface area contributed by atoms with E-state index in [2.05, 4.69) is 30.0 Å². The number of hydrogen-bond donors (Lipinski definition) is 3. The highest BCUT2D eigenvalue weighted by molar-refractivity contribution is 7.16. The van der Waals surface area contributed by atoms with E-state index in [-0.39, 0.29) is 5.57 Å². The van der Waals surface area contributed by atoms with E-state index in [1.807, 2.05) is 108 Å². The van der Waals surface area contributed by atoms with Crippen LogP contribution in [0.5, 0.6) is 0 Å². The Morgan fingerprint density at radius 2 is 1.20 bits per heavy atom. The lowest BCUT2D eigenvalue weighted by atomic mass is 10.0. The van der Waals surface area contributed by atoms with Gasteiger partial charge < -0.3 is 10.0 Å². The maximum Gasteiger partial charge on any atom is 0.346 e. The molecule has 1 aromatic heterocycles. The van der Waals surface area contributed by atoms with Gasteiger partial charge in [0, 0.05) is 26.8 Å². The minimum absolute atomic E-state index is 0.273. The van der Waals surface area contributed by atoms with E-state index in [4.69, 9.17) is 0 Å². The number of aliphatic carboxylic acids is 1. The molecule has 0 aliphatic rings. The van der Waals surface area contributed by atoms with Gasteiger partial charge in [0.1, 0.15) is 11.6 Å². The topological polar surface area (TPSA) is 111 Å². The first-order valence-corrected chi connectivity index (χ1v) is 17.5. The van der Waals surface area contributed by atoms with Crippen LogP contribution in [0.25, 0.3) is 16.5 Å². The van der Waals surface area contributed by atoms with E-state index in [9.17, 15) is 25.6 Å². The number of aryl methyl sites for hydroxylation is 1. The van der Waals surface area contributed by atoms with E-state index in [1.165, 1.54) is 27.5 Å². The van der Waals surface area contributed by atoms with Crippen LogP contribution in [-0.4, -0.2) is 32.6 Å². The van der Waals surface area contributed by atoms with E-state index in [0.717, 1.165) is 70.0 Å². The lowest BCUT2D eigenvalue weighted by molar-refractivity contribution is -0.132. The molecule has 0 unspecified atom stereocenters. The molecule has 0 aliphatic carbocycles. The Labute approximate surface area is 294 Å². The van der Waals surface area contributed by atoms with Gasteiger partial charge in [-0.2, -0.15) is 5.26 Å². The molecule has 3 aromatic carbocycles. The zero-order valence-corrected chi connectivity index (χ0v) is 30.4. The van der Waals surface area contributed by atoms with Crippen molar-refractivity contribution in [3.63, 3.8) is 0 Å². The lowest BCUT2D eigenvalue weighted by Crippen LogP contribution is -2.38. The van der Waals surface area contributed by atoms with Gasteiger partial charge in [0.05, 0.1) is 22.5 Å². The Morgan fingerprint density at radius 1 is 0.755 bits per heavy atom. The zero-order chi connectivity index (χ0) is 35.9. The van der Waals surface area contributed by atoms with Gasteiger partial charge in [0.25, 0.3) is 0 Å². The minimum Gasteiger partial charge on any atom is -0.477 e. The number of anilines is 5. The van der Waals surface area contributed by atoms with Crippen LogP contribution in [0.1, 0.15) is 84.6 Å². The molecular formula is C40H48N4O4S. The van der Waals surface area contributed by atoms with Crippen molar-refractivity contribution in [2.45, 2.75) is 91.6 Å². The molecule has 0 radical (unpaired) electrons. The van der Waals surface area contributed by atoms with Crippen LogP contribution < -0.4 is 15.0 Å². The van der Waals surface area contributed by atoms with Crippen molar-refractivity contribution in [3.8, 4) is 16.5 Å². The summed E-state index contributed by atoms with van der Waals surface area (Å²) in [6.07, 6.45) is 6.69. The standard InChI is InChI=1S/C40H48N4O4S/c1-8-9-10-11-12-29-25-36(49-37(29)26-30(27-41)38(45)46)28-13-15-31(16-14-28)42(32-17-21-34(22-18-32)43(47)39(2,3)4)33-19-23-35(24-20-33)44(48)40(5,6)7/h13-26,47-48H,8-12H2,1-7H3,(H,45,46)/b30-26+. The number of carboxylic acid groups (broad SMARTS) is 1. The Bertz CT molecular complexity index is 1710. The fourth-order valence-electron chi connectivity index (χ4n) is 5.40. The van der Waals surface area contributed by atoms with Gasteiger partial charge in [-0.25, -0.2) is 4.79 Å². The molecule has 4 aromatic rings. The second-order valence-electron chi connectivity index (χ2n) is 14.2. The number of unbranched alkanes of at least 4 members (excludes halogenated alkanes) is 3. The van der Waals surface area contributed by atoms with Crippen LogP contribution in [0.15, 0.2) is 84.4 Å². The molecular weight excluding hydrogens is 633 g/mol. The number of carbonyl (C=O) groups is 1. The molecule has 8 nitrogen and oxygen atoms in total. The monoisotopic (exact) mass is 680 g/mol. The van der Waals surface area contributed by atoms with Crippen LogP contribution in [0, 0.1) is 11.3 Å². The van der Waals surface area contributed by atoms with Crippen LogP contribution in [-0.2, 0) is 11.2 Å². The van der Waals surface area contributed by atoms with E-state index in [1.54, 1.807) is 0 Å². The van der Waals surface area contributed by atoms with Crippen LogP contribution >= 0.6 is 11.3 Å². The number of nitrogens with zero attached hydrogens (tertiary/aromatic N) is 4. The van der Waals surface area contributed by atoms with Gasteiger partial charge in [0.15, 0.2) is 0 Å². The number of hydroxylamine groups is 2. The Balaban J connectivity index is 1.74. The summed E-state index contributed by atoms with van der Waals surface area (Å²) in [5, 5.41) is 42.9. The summed E-state index contributed by atoms with van der Waals surface area (Å²) >= 11 is 1.50. The molecule has 0 bridgehead atoms. The zero-order valence-electron chi connectivity index (χ0n) is 29.6. The molecule has 0 amide bonds. The highest BCUT2D eigenvalue weighted by Crippen LogP contribution is 2.40.